The van der Waals surface area contributed by atoms with E-state index in [-0.39, 0.29) is 11.9 Å². The molecule has 0 unspecified atom stereocenters. The molecule has 3 aromatic rings. The number of nitrogens with zero attached hydrogens (tertiary/aromatic N) is 3. The van der Waals surface area contributed by atoms with E-state index in [0.717, 1.165) is 12.1 Å². The first-order chi connectivity index (χ1) is 14.1. The summed E-state index contributed by atoms with van der Waals surface area (Å²) in [6.45, 7) is 4.51. The van der Waals surface area contributed by atoms with Gasteiger partial charge >= 0.3 is 0 Å². The Hall–Kier alpha value is -2.54. The molecule has 29 heavy (non-hydrogen) atoms. The van der Waals surface area contributed by atoms with Gasteiger partial charge in [-0.25, -0.2) is 0 Å². The topological polar surface area (TPSA) is 73.0 Å². The summed E-state index contributed by atoms with van der Waals surface area (Å²) in [4.78, 5) is 12.6. The van der Waals surface area contributed by atoms with Crippen molar-refractivity contribution in [3.05, 3.63) is 48.7 Å². The van der Waals surface area contributed by atoms with Crippen LogP contribution in [0.25, 0.3) is 17.3 Å². The summed E-state index contributed by atoms with van der Waals surface area (Å²) in [7, 11) is 0. The summed E-state index contributed by atoms with van der Waals surface area (Å²) < 4.78 is 7.46. The lowest BCUT2D eigenvalue weighted by Gasteiger charge is -2.34. The zero-order valence-electron chi connectivity index (χ0n) is 16.7. The minimum Gasteiger partial charge on any atom is -0.461 e. The minimum atomic E-state index is 0.0445. The van der Waals surface area contributed by atoms with Gasteiger partial charge in [-0.1, -0.05) is 56.7 Å². The van der Waals surface area contributed by atoms with Crippen LogP contribution in [0.1, 0.15) is 33.1 Å². The lowest BCUT2D eigenvalue weighted by Crippen LogP contribution is -2.44. The molecule has 0 spiro atoms. The highest BCUT2D eigenvalue weighted by Gasteiger charge is 2.28. The summed E-state index contributed by atoms with van der Waals surface area (Å²) in [5, 5.41) is 12.5. The third-order valence-electron chi connectivity index (χ3n) is 5.77. The van der Waals surface area contributed by atoms with Crippen molar-refractivity contribution in [1.29, 1.82) is 0 Å². The van der Waals surface area contributed by atoms with Crippen LogP contribution in [-0.2, 0) is 4.79 Å². The van der Waals surface area contributed by atoms with E-state index in [4.69, 9.17) is 4.42 Å². The molecule has 1 saturated carbocycles. The smallest absolute Gasteiger partial charge is 0.230 e. The van der Waals surface area contributed by atoms with Gasteiger partial charge in [0.15, 0.2) is 10.9 Å². The molecule has 0 saturated heterocycles. The van der Waals surface area contributed by atoms with Crippen LogP contribution in [0.3, 0.4) is 0 Å². The second-order valence-electron chi connectivity index (χ2n) is 7.68. The van der Waals surface area contributed by atoms with Crippen molar-refractivity contribution in [3.8, 4) is 17.3 Å². The summed E-state index contributed by atoms with van der Waals surface area (Å²) in [5.74, 6) is 2.78. The largest absolute Gasteiger partial charge is 0.461 e. The quantitative estimate of drug-likeness (QED) is 0.603. The van der Waals surface area contributed by atoms with E-state index >= 15 is 0 Å². The highest BCUT2D eigenvalue weighted by Crippen LogP contribution is 2.30. The van der Waals surface area contributed by atoms with Crippen LogP contribution in [0.5, 0.6) is 0 Å². The first-order valence-corrected chi connectivity index (χ1v) is 11.1. The van der Waals surface area contributed by atoms with E-state index in [1.165, 1.54) is 24.6 Å². The molecular formula is C22H26N4O2S. The Morgan fingerprint density at radius 1 is 1.17 bits per heavy atom. The summed E-state index contributed by atoms with van der Waals surface area (Å²) in [6.07, 6.45) is 5.10. The average Bonchev–Trinajstić information content (AvgIpc) is 3.40. The number of para-hydroxylation sites is 1. The number of carbonyl (C=O) groups excluding carboxylic acids is 1. The maximum atomic E-state index is 12.6. The Bertz CT molecular complexity index is 939. The molecule has 1 aliphatic carbocycles. The van der Waals surface area contributed by atoms with Crippen LogP contribution in [0, 0.1) is 11.8 Å². The molecule has 1 aromatic carbocycles. The Balaban J connectivity index is 1.50. The predicted octanol–water partition coefficient (Wildman–Crippen LogP) is 4.56. The number of nitrogens with one attached hydrogen (secondary N) is 1. The zero-order chi connectivity index (χ0) is 20.2. The summed E-state index contributed by atoms with van der Waals surface area (Å²) >= 11 is 1.39. The van der Waals surface area contributed by atoms with Gasteiger partial charge in [-0.15, -0.1) is 10.2 Å². The average molecular weight is 411 g/mol. The van der Waals surface area contributed by atoms with Gasteiger partial charge in [0.05, 0.1) is 12.0 Å². The van der Waals surface area contributed by atoms with Gasteiger partial charge in [0.25, 0.3) is 0 Å². The first kappa shape index (κ1) is 19.8. The second kappa shape index (κ2) is 8.86. The van der Waals surface area contributed by atoms with Crippen LogP contribution < -0.4 is 5.32 Å². The van der Waals surface area contributed by atoms with Crippen LogP contribution in [-0.4, -0.2) is 32.5 Å². The molecule has 0 bridgehead atoms. The standard InChI is InChI=1S/C22H26N4O2S/c1-15-8-6-11-18(16(15)2)23-20(27)14-29-22-25-24-21(19-12-7-13-28-19)26(22)17-9-4-3-5-10-17/h3-5,7,9-10,12-13,15-16,18H,6,8,11,14H2,1-2H3,(H,23,27)/t15-,16-,18+/m1/s1. The maximum Gasteiger partial charge on any atom is 0.230 e. The lowest BCUT2D eigenvalue weighted by atomic mass is 9.78. The maximum absolute atomic E-state index is 12.6. The number of hydrogen-bond donors (Lipinski definition) is 1. The fourth-order valence-corrected chi connectivity index (χ4v) is 4.67. The molecular weight excluding hydrogens is 384 g/mol. The Labute approximate surface area is 175 Å². The molecule has 6 nitrogen and oxygen atoms in total. The molecule has 152 valence electrons. The van der Waals surface area contributed by atoms with Gasteiger partial charge in [0, 0.05) is 11.7 Å². The van der Waals surface area contributed by atoms with Crippen molar-refractivity contribution in [2.75, 3.05) is 5.75 Å². The number of rotatable bonds is 6. The van der Waals surface area contributed by atoms with Gasteiger partial charge in [-0.2, -0.15) is 0 Å². The number of furan rings is 1. The SMILES string of the molecule is C[C@@H]1[C@H](C)CCC[C@@H]1NC(=O)CSc1nnc(-c2ccco2)n1-c1ccccc1. The van der Waals surface area contributed by atoms with E-state index in [1.807, 2.05) is 47.0 Å². The fourth-order valence-electron chi connectivity index (χ4n) is 3.90. The van der Waals surface area contributed by atoms with E-state index < -0.39 is 0 Å². The Morgan fingerprint density at radius 3 is 2.76 bits per heavy atom. The molecule has 0 aliphatic heterocycles. The summed E-state index contributed by atoms with van der Waals surface area (Å²) in [5.41, 5.74) is 0.932. The molecule has 1 amide bonds. The normalized spacial score (nSPS) is 21.8. The van der Waals surface area contributed by atoms with Gasteiger partial charge < -0.3 is 9.73 Å². The number of carbonyl (C=O) groups is 1. The number of hydrogen-bond acceptors (Lipinski definition) is 5. The van der Waals surface area contributed by atoms with Crippen molar-refractivity contribution < 1.29 is 9.21 Å². The van der Waals surface area contributed by atoms with Crippen molar-refractivity contribution >= 4 is 17.7 Å². The molecule has 3 atom stereocenters. The molecule has 1 aliphatic rings. The van der Waals surface area contributed by atoms with Gasteiger partial charge in [-0.05, 0) is 42.5 Å². The molecule has 1 N–H and O–H groups in total. The molecule has 2 heterocycles. The fraction of sp³-hybridized carbons (Fsp3) is 0.409. The summed E-state index contributed by atoms with van der Waals surface area (Å²) in [6, 6.07) is 13.8. The Kier molecular flexibility index (Phi) is 6.04. The van der Waals surface area contributed by atoms with Gasteiger partial charge in [0.2, 0.25) is 11.7 Å². The minimum absolute atomic E-state index is 0.0445. The number of aromatic nitrogens is 3. The van der Waals surface area contributed by atoms with Crippen LogP contribution in [0.2, 0.25) is 0 Å². The van der Waals surface area contributed by atoms with E-state index in [9.17, 15) is 4.79 Å². The predicted molar refractivity (Wildman–Crippen MR) is 114 cm³/mol. The number of thioether (sulfide) groups is 1. The van der Waals surface area contributed by atoms with Crippen LogP contribution in [0.4, 0.5) is 0 Å². The van der Waals surface area contributed by atoms with E-state index in [0.29, 0.717) is 34.3 Å². The number of amides is 1. The monoisotopic (exact) mass is 410 g/mol. The molecule has 4 rings (SSSR count). The van der Waals surface area contributed by atoms with Crippen molar-refractivity contribution in [2.24, 2.45) is 11.8 Å². The van der Waals surface area contributed by atoms with Crippen LogP contribution >= 0.6 is 11.8 Å². The highest BCUT2D eigenvalue weighted by molar-refractivity contribution is 7.99. The highest BCUT2D eigenvalue weighted by atomic mass is 32.2. The van der Waals surface area contributed by atoms with Gasteiger partial charge in [0.1, 0.15) is 0 Å². The van der Waals surface area contributed by atoms with Crippen molar-refractivity contribution in [2.45, 2.75) is 44.3 Å². The molecule has 7 heteroatoms. The first-order valence-electron chi connectivity index (χ1n) is 10.1. The molecule has 2 aromatic heterocycles. The molecule has 1 fully saturated rings. The van der Waals surface area contributed by atoms with Crippen molar-refractivity contribution in [1.82, 2.24) is 20.1 Å². The third kappa shape index (κ3) is 4.40. The van der Waals surface area contributed by atoms with Gasteiger partial charge in [-0.3, -0.25) is 9.36 Å². The molecule has 0 radical (unpaired) electrons. The second-order valence-corrected chi connectivity index (χ2v) is 8.63. The number of benzene rings is 1. The third-order valence-corrected chi connectivity index (χ3v) is 6.70. The lowest BCUT2D eigenvalue weighted by molar-refractivity contribution is -0.120. The van der Waals surface area contributed by atoms with Crippen LogP contribution in [0.15, 0.2) is 58.3 Å². The Morgan fingerprint density at radius 2 is 2.00 bits per heavy atom. The zero-order valence-corrected chi connectivity index (χ0v) is 17.6. The van der Waals surface area contributed by atoms with Crippen molar-refractivity contribution in [3.63, 3.8) is 0 Å². The van der Waals surface area contributed by atoms with E-state index in [2.05, 4.69) is 29.4 Å². The van der Waals surface area contributed by atoms with E-state index in [1.54, 1.807) is 6.26 Å².